The second-order valence-electron chi connectivity index (χ2n) is 5.98. The molecule has 1 N–H and O–H groups in total. The Morgan fingerprint density at radius 1 is 1.38 bits per heavy atom. The quantitative estimate of drug-likeness (QED) is 0.921. The molecule has 0 spiro atoms. The molecule has 1 amide bonds. The Morgan fingerprint density at radius 2 is 2.19 bits per heavy atom. The molecule has 0 bridgehead atoms. The zero-order valence-electron chi connectivity index (χ0n) is 12.7. The van der Waals surface area contributed by atoms with Gasteiger partial charge in [0.15, 0.2) is 0 Å². The zero-order valence-corrected chi connectivity index (χ0v) is 13.5. The van der Waals surface area contributed by atoms with E-state index >= 15 is 0 Å². The number of piperazine rings is 1. The van der Waals surface area contributed by atoms with E-state index in [-0.39, 0.29) is 5.91 Å². The standard InChI is InChI=1S/C15H24N4OS/c1-12-4-2-3-7-19(12)11-14-17-10-13(21-14)15(20)18-8-5-16-6-9-18/h10,12,16H,2-9,11H2,1H3. The van der Waals surface area contributed by atoms with Gasteiger partial charge in [0.1, 0.15) is 9.88 Å². The molecule has 2 aliphatic rings. The lowest BCUT2D eigenvalue weighted by atomic mass is 10.0. The highest BCUT2D eigenvalue weighted by atomic mass is 32.1. The Balaban J connectivity index is 1.61. The van der Waals surface area contributed by atoms with Crippen molar-refractivity contribution in [3.05, 3.63) is 16.1 Å². The van der Waals surface area contributed by atoms with E-state index in [1.54, 1.807) is 17.5 Å². The maximum absolute atomic E-state index is 12.4. The molecule has 116 valence electrons. The van der Waals surface area contributed by atoms with Crippen molar-refractivity contribution in [2.45, 2.75) is 38.8 Å². The molecule has 2 aliphatic heterocycles. The van der Waals surface area contributed by atoms with Gasteiger partial charge in [-0.05, 0) is 26.3 Å². The number of rotatable bonds is 3. The van der Waals surface area contributed by atoms with Gasteiger partial charge in [0.2, 0.25) is 0 Å². The molecule has 1 unspecified atom stereocenters. The first-order valence-corrected chi connectivity index (χ1v) is 8.74. The van der Waals surface area contributed by atoms with Gasteiger partial charge in [-0.3, -0.25) is 9.69 Å². The molecule has 0 radical (unpaired) electrons. The molecule has 1 aromatic heterocycles. The van der Waals surface area contributed by atoms with Crippen LogP contribution >= 0.6 is 11.3 Å². The van der Waals surface area contributed by atoms with Gasteiger partial charge in [-0.15, -0.1) is 11.3 Å². The van der Waals surface area contributed by atoms with Crippen LogP contribution in [0.3, 0.4) is 0 Å². The normalized spacial score (nSPS) is 24.2. The average Bonchev–Trinajstić information content (AvgIpc) is 2.98. The van der Waals surface area contributed by atoms with E-state index in [9.17, 15) is 4.79 Å². The minimum atomic E-state index is 0.145. The molecule has 1 atom stereocenters. The summed E-state index contributed by atoms with van der Waals surface area (Å²) in [4.78, 5) is 22.1. The van der Waals surface area contributed by atoms with Crippen LogP contribution in [0.4, 0.5) is 0 Å². The van der Waals surface area contributed by atoms with E-state index in [1.807, 2.05) is 4.90 Å². The molecule has 1 aromatic rings. The van der Waals surface area contributed by atoms with Crippen LogP contribution in [0.2, 0.25) is 0 Å². The number of piperidine rings is 1. The second-order valence-corrected chi connectivity index (χ2v) is 7.09. The highest BCUT2D eigenvalue weighted by molar-refractivity contribution is 7.13. The Labute approximate surface area is 130 Å². The number of nitrogens with zero attached hydrogens (tertiary/aromatic N) is 3. The van der Waals surface area contributed by atoms with Crippen LogP contribution in [-0.2, 0) is 6.54 Å². The molecule has 0 saturated carbocycles. The molecule has 3 rings (SSSR count). The predicted molar refractivity (Wildman–Crippen MR) is 84.6 cm³/mol. The van der Waals surface area contributed by atoms with Crippen molar-refractivity contribution in [1.82, 2.24) is 20.1 Å². The molecule has 0 aromatic carbocycles. The monoisotopic (exact) mass is 308 g/mol. The third-order valence-corrected chi connectivity index (χ3v) is 5.42. The zero-order chi connectivity index (χ0) is 14.7. The number of thiazole rings is 1. The second kappa shape index (κ2) is 6.85. The Hall–Kier alpha value is -0.980. The number of carbonyl (C=O) groups excluding carboxylic acids is 1. The number of amides is 1. The van der Waals surface area contributed by atoms with Crippen LogP contribution in [0, 0.1) is 0 Å². The minimum absolute atomic E-state index is 0.145. The third kappa shape index (κ3) is 3.62. The van der Waals surface area contributed by atoms with E-state index in [0.29, 0.717) is 6.04 Å². The fourth-order valence-corrected chi connectivity index (χ4v) is 3.98. The summed E-state index contributed by atoms with van der Waals surface area (Å²) in [5.74, 6) is 0.145. The summed E-state index contributed by atoms with van der Waals surface area (Å²) in [5, 5.41) is 4.34. The molecule has 5 nitrogen and oxygen atoms in total. The lowest BCUT2D eigenvalue weighted by Gasteiger charge is -2.32. The number of hydrogen-bond acceptors (Lipinski definition) is 5. The summed E-state index contributed by atoms with van der Waals surface area (Å²) in [6, 6.07) is 0.634. The average molecular weight is 308 g/mol. The van der Waals surface area contributed by atoms with Crippen LogP contribution in [0.5, 0.6) is 0 Å². The first-order chi connectivity index (χ1) is 10.2. The fraction of sp³-hybridized carbons (Fsp3) is 0.733. The van der Waals surface area contributed by atoms with Gasteiger partial charge in [0.25, 0.3) is 5.91 Å². The molecule has 0 aliphatic carbocycles. The molecule has 2 fully saturated rings. The van der Waals surface area contributed by atoms with Gasteiger partial charge in [-0.2, -0.15) is 0 Å². The van der Waals surface area contributed by atoms with Crippen molar-refractivity contribution >= 4 is 17.2 Å². The number of aromatic nitrogens is 1. The third-order valence-electron chi connectivity index (χ3n) is 4.45. The van der Waals surface area contributed by atoms with Gasteiger partial charge in [-0.1, -0.05) is 6.42 Å². The van der Waals surface area contributed by atoms with Gasteiger partial charge in [0, 0.05) is 32.2 Å². The fourth-order valence-electron chi connectivity index (χ4n) is 3.07. The van der Waals surface area contributed by atoms with Gasteiger partial charge in [-0.25, -0.2) is 4.98 Å². The number of likely N-dealkylation sites (tertiary alicyclic amines) is 1. The highest BCUT2D eigenvalue weighted by Gasteiger charge is 2.22. The topological polar surface area (TPSA) is 48.5 Å². The van der Waals surface area contributed by atoms with Crippen LogP contribution in [0.15, 0.2) is 6.20 Å². The first-order valence-electron chi connectivity index (χ1n) is 7.93. The Morgan fingerprint density at radius 3 is 2.95 bits per heavy atom. The summed E-state index contributed by atoms with van der Waals surface area (Å²) in [5.41, 5.74) is 0. The van der Waals surface area contributed by atoms with Crippen molar-refractivity contribution in [3.63, 3.8) is 0 Å². The van der Waals surface area contributed by atoms with Crippen LogP contribution in [0.1, 0.15) is 40.9 Å². The molecule has 3 heterocycles. The predicted octanol–water partition coefficient (Wildman–Crippen LogP) is 1.56. The van der Waals surface area contributed by atoms with E-state index in [1.165, 1.54) is 19.3 Å². The van der Waals surface area contributed by atoms with Gasteiger partial charge >= 0.3 is 0 Å². The first kappa shape index (κ1) is 14.9. The smallest absolute Gasteiger partial charge is 0.265 e. The van der Waals surface area contributed by atoms with Crippen molar-refractivity contribution in [3.8, 4) is 0 Å². The summed E-state index contributed by atoms with van der Waals surface area (Å²) in [6.45, 7) is 7.72. The number of hydrogen-bond donors (Lipinski definition) is 1. The minimum Gasteiger partial charge on any atom is -0.335 e. The Kier molecular flexibility index (Phi) is 4.87. The summed E-state index contributed by atoms with van der Waals surface area (Å²) < 4.78 is 0. The van der Waals surface area contributed by atoms with Crippen LogP contribution < -0.4 is 5.32 Å². The maximum atomic E-state index is 12.4. The highest BCUT2D eigenvalue weighted by Crippen LogP contribution is 2.22. The maximum Gasteiger partial charge on any atom is 0.265 e. The largest absolute Gasteiger partial charge is 0.335 e. The van der Waals surface area contributed by atoms with E-state index in [0.717, 1.165) is 49.2 Å². The van der Waals surface area contributed by atoms with Crippen LogP contribution in [0.25, 0.3) is 0 Å². The molecule has 21 heavy (non-hydrogen) atoms. The van der Waals surface area contributed by atoms with Crippen molar-refractivity contribution in [1.29, 1.82) is 0 Å². The van der Waals surface area contributed by atoms with Gasteiger partial charge < -0.3 is 10.2 Å². The summed E-state index contributed by atoms with van der Waals surface area (Å²) >= 11 is 1.57. The molecule has 2 saturated heterocycles. The summed E-state index contributed by atoms with van der Waals surface area (Å²) in [6.07, 6.45) is 5.65. The van der Waals surface area contributed by atoms with E-state index < -0.39 is 0 Å². The SMILES string of the molecule is CC1CCCCN1Cc1ncc(C(=O)N2CCNCC2)s1. The van der Waals surface area contributed by atoms with E-state index in [2.05, 4.69) is 22.1 Å². The lowest BCUT2D eigenvalue weighted by molar-refractivity contribution is 0.0740. The summed E-state index contributed by atoms with van der Waals surface area (Å²) in [7, 11) is 0. The van der Waals surface area contributed by atoms with Crippen molar-refractivity contribution < 1.29 is 4.79 Å². The number of nitrogens with one attached hydrogen (secondary N) is 1. The van der Waals surface area contributed by atoms with Gasteiger partial charge in [0.05, 0.1) is 12.7 Å². The van der Waals surface area contributed by atoms with Crippen molar-refractivity contribution in [2.75, 3.05) is 32.7 Å². The lowest BCUT2D eigenvalue weighted by Crippen LogP contribution is -2.46. The van der Waals surface area contributed by atoms with Crippen LogP contribution in [-0.4, -0.2) is 59.5 Å². The molecule has 6 heteroatoms. The van der Waals surface area contributed by atoms with Crippen molar-refractivity contribution in [2.24, 2.45) is 0 Å². The Bertz CT molecular complexity index is 484. The molecular weight excluding hydrogens is 284 g/mol. The van der Waals surface area contributed by atoms with E-state index in [4.69, 9.17) is 0 Å². The molecular formula is C15H24N4OS. The number of carbonyl (C=O) groups is 1.